The lowest BCUT2D eigenvalue weighted by molar-refractivity contribution is -0.128. The summed E-state index contributed by atoms with van der Waals surface area (Å²) in [5.41, 5.74) is 0.201. The molecule has 0 saturated heterocycles. The summed E-state index contributed by atoms with van der Waals surface area (Å²) in [6, 6.07) is 4.12. The van der Waals surface area contributed by atoms with Gasteiger partial charge in [0, 0.05) is 13.6 Å². The Hall–Kier alpha value is -1.80. The minimum Gasteiger partial charge on any atom is -0.465 e. The third kappa shape index (κ3) is 5.89. The number of benzene rings is 1. The first-order valence-corrected chi connectivity index (χ1v) is 9.94. The smallest absolute Gasteiger partial charge is 0.337 e. The van der Waals surface area contributed by atoms with E-state index >= 15 is 0 Å². The van der Waals surface area contributed by atoms with Crippen molar-refractivity contribution in [3.63, 3.8) is 0 Å². The van der Waals surface area contributed by atoms with E-state index in [1.54, 1.807) is 7.05 Å². The van der Waals surface area contributed by atoms with E-state index in [1.165, 1.54) is 30.2 Å². The van der Waals surface area contributed by atoms with E-state index in [1.807, 2.05) is 6.92 Å². The zero-order valence-corrected chi connectivity index (χ0v) is 16.4. The summed E-state index contributed by atoms with van der Waals surface area (Å²) >= 11 is 6.11. The minimum atomic E-state index is -3.79. The molecule has 0 unspecified atom stereocenters. The highest BCUT2D eigenvalue weighted by atomic mass is 35.5. The fourth-order valence-corrected chi connectivity index (χ4v) is 3.22. The second-order valence-corrected chi connectivity index (χ2v) is 7.91. The summed E-state index contributed by atoms with van der Waals surface area (Å²) in [4.78, 5) is 25.5. The number of hydrogen-bond donors (Lipinski definition) is 0. The quantitative estimate of drug-likeness (QED) is 0.635. The molecule has 0 atom stereocenters. The number of carbonyl (C=O) groups is 2. The number of methoxy groups -OCH3 is 1. The number of likely N-dealkylation sites (N-methyl/N-ethyl adjacent to an activating group) is 1. The molecule has 0 spiro atoms. The van der Waals surface area contributed by atoms with E-state index < -0.39 is 22.5 Å². The van der Waals surface area contributed by atoms with Crippen molar-refractivity contribution in [1.82, 2.24) is 4.90 Å². The fraction of sp³-hybridized carbons (Fsp3) is 0.500. The molecule has 7 nitrogen and oxygen atoms in total. The summed E-state index contributed by atoms with van der Waals surface area (Å²) in [6.45, 7) is 2.13. The van der Waals surface area contributed by atoms with Crippen molar-refractivity contribution in [2.75, 3.05) is 37.8 Å². The Labute approximate surface area is 153 Å². The normalized spacial score (nSPS) is 11.1. The van der Waals surface area contributed by atoms with Crippen molar-refractivity contribution in [1.29, 1.82) is 0 Å². The number of hydrogen-bond acceptors (Lipinski definition) is 5. The van der Waals surface area contributed by atoms with Gasteiger partial charge in [-0.15, -0.1) is 0 Å². The molecule has 0 heterocycles. The highest BCUT2D eigenvalue weighted by Crippen LogP contribution is 2.29. The highest BCUT2D eigenvalue weighted by molar-refractivity contribution is 7.92. The monoisotopic (exact) mass is 390 g/mol. The maximum atomic E-state index is 12.4. The van der Waals surface area contributed by atoms with Crippen LogP contribution >= 0.6 is 11.6 Å². The molecule has 140 valence electrons. The van der Waals surface area contributed by atoms with Crippen molar-refractivity contribution >= 4 is 39.2 Å². The zero-order chi connectivity index (χ0) is 19.2. The molecular weight excluding hydrogens is 368 g/mol. The average molecular weight is 391 g/mol. The highest BCUT2D eigenvalue weighted by Gasteiger charge is 2.25. The van der Waals surface area contributed by atoms with E-state index in [9.17, 15) is 18.0 Å². The minimum absolute atomic E-state index is 0.0595. The van der Waals surface area contributed by atoms with Gasteiger partial charge in [-0.3, -0.25) is 9.10 Å². The van der Waals surface area contributed by atoms with Gasteiger partial charge < -0.3 is 9.64 Å². The Kier molecular flexibility index (Phi) is 7.69. The van der Waals surface area contributed by atoms with Gasteiger partial charge in [0.2, 0.25) is 15.9 Å². The molecular formula is C16H23ClN2O5S. The van der Waals surface area contributed by atoms with E-state index in [4.69, 9.17) is 11.6 Å². The summed E-state index contributed by atoms with van der Waals surface area (Å²) in [5, 5.41) is 0.113. The number of carbonyl (C=O) groups excluding carboxylic acids is 2. The molecule has 0 aromatic heterocycles. The van der Waals surface area contributed by atoms with Gasteiger partial charge in [0.15, 0.2) is 0 Å². The summed E-state index contributed by atoms with van der Waals surface area (Å²) < 4.78 is 29.9. The molecule has 0 aliphatic carbocycles. The Morgan fingerprint density at radius 2 is 1.92 bits per heavy atom. The number of sulfonamides is 1. The third-order valence-electron chi connectivity index (χ3n) is 3.59. The maximum absolute atomic E-state index is 12.4. The van der Waals surface area contributed by atoms with Gasteiger partial charge in [0.25, 0.3) is 0 Å². The number of nitrogens with zero attached hydrogens (tertiary/aromatic N) is 2. The first-order valence-electron chi connectivity index (χ1n) is 7.71. The molecule has 1 aromatic carbocycles. The molecule has 0 bridgehead atoms. The van der Waals surface area contributed by atoms with Crippen LogP contribution < -0.4 is 4.31 Å². The van der Waals surface area contributed by atoms with Gasteiger partial charge in [0.1, 0.15) is 6.54 Å². The largest absolute Gasteiger partial charge is 0.465 e. The number of rotatable bonds is 8. The second kappa shape index (κ2) is 9.05. The molecule has 0 saturated carbocycles. The number of halogens is 1. The van der Waals surface area contributed by atoms with Gasteiger partial charge >= 0.3 is 5.97 Å². The maximum Gasteiger partial charge on any atom is 0.337 e. The van der Waals surface area contributed by atoms with Crippen molar-refractivity contribution in [3.05, 3.63) is 28.8 Å². The molecule has 1 aromatic rings. The Balaban J connectivity index is 3.20. The van der Waals surface area contributed by atoms with Crippen LogP contribution in [-0.2, 0) is 19.6 Å². The van der Waals surface area contributed by atoms with Crippen molar-refractivity contribution in [2.24, 2.45) is 0 Å². The third-order valence-corrected chi connectivity index (χ3v) is 5.03. The molecule has 0 fully saturated rings. The molecule has 0 aliphatic heterocycles. The lowest BCUT2D eigenvalue weighted by Gasteiger charge is -2.26. The molecule has 9 heteroatoms. The number of esters is 1. The first kappa shape index (κ1) is 21.2. The molecule has 25 heavy (non-hydrogen) atoms. The number of amides is 1. The standard InChI is InChI=1S/C16H23ClN2O5S/c1-5-6-9-18(2)15(20)11-19(25(4,22)23)14-10-12(16(21)24-3)7-8-13(14)17/h7-8,10H,5-6,9,11H2,1-4H3. The summed E-state index contributed by atoms with van der Waals surface area (Å²) in [5.74, 6) is -0.990. The van der Waals surface area contributed by atoms with Crippen LogP contribution in [-0.4, -0.2) is 58.7 Å². The predicted octanol–water partition coefficient (Wildman–Crippen LogP) is 2.15. The van der Waals surface area contributed by atoms with Crippen LogP contribution in [0.2, 0.25) is 5.02 Å². The SMILES string of the molecule is CCCCN(C)C(=O)CN(c1cc(C(=O)OC)ccc1Cl)S(C)(=O)=O. The van der Waals surface area contributed by atoms with Gasteiger partial charge in [-0.2, -0.15) is 0 Å². The van der Waals surface area contributed by atoms with Crippen LogP contribution in [0.1, 0.15) is 30.1 Å². The molecule has 0 aliphatic rings. The Morgan fingerprint density at radius 3 is 2.44 bits per heavy atom. The number of anilines is 1. The van der Waals surface area contributed by atoms with Crippen molar-refractivity contribution < 1.29 is 22.7 Å². The van der Waals surface area contributed by atoms with Crippen LogP contribution in [0, 0.1) is 0 Å². The zero-order valence-electron chi connectivity index (χ0n) is 14.8. The van der Waals surface area contributed by atoms with Crippen LogP contribution in [0.25, 0.3) is 0 Å². The molecule has 1 amide bonds. The van der Waals surface area contributed by atoms with Crippen LogP contribution in [0.4, 0.5) is 5.69 Å². The Morgan fingerprint density at radius 1 is 1.28 bits per heavy atom. The van der Waals surface area contributed by atoms with Crippen LogP contribution in [0.15, 0.2) is 18.2 Å². The van der Waals surface area contributed by atoms with Gasteiger partial charge in [-0.25, -0.2) is 13.2 Å². The van der Waals surface area contributed by atoms with Crippen molar-refractivity contribution in [2.45, 2.75) is 19.8 Å². The van der Waals surface area contributed by atoms with Gasteiger partial charge in [0.05, 0.1) is 29.6 Å². The summed E-state index contributed by atoms with van der Waals surface area (Å²) in [7, 11) is -0.954. The Bertz CT molecular complexity index is 736. The van der Waals surface area contributed by atoms with Crippen molar-refractivity contribution in [3.8, 4) is 0 Å². The first-order chi connectivity index (χ1) is 11.6. The molecule has 1 rings (SSSR count). The molecule has 0 N–H and O–H groups in total. The number of unbranched alkanes of at least 4 members (excludes halogenated alkanes) is 1. The summed E-state index contributed by atoms with van der Waals surface area (Å²) in [6.07, 6.45) is 2.72. The van der Waals surface area contributed by atoms with E-state index in [0.717, 1.165) is 23.4 Å². The second-order valence-electron chi connectivity index (χ2n) is 5.60. The predicted molar refractivity (Wildman–Crippen MR) is 97.5 cm³/mol. The average Bonchev–Trinajstić information content (AvgIpc) is 2.56. The van der Waals surface area contributed by atoms with Crippen LogP contribution in [0.3, 0.4) is 0 Å². The topological polar surface area (TPSA) is 84.0 Å². The lowest BCUT2D eigenvalue weighted by Crippen LogP contribution is -2.41. The van der Waals surface area contributed by atoms with Gasteiger partial charge in [-0.1, -0.05) is 24.9 Å². The van der Waals surface area contributed by atoms with E-state index in [0.29, 0.717) is 6.54 Å². The lowest BCUT2D eigenvalue weighted by atomic mass is 10.2. The van der Waals surface area contributed by atoms with Gasteiger partial charge in [-0.05, 0) is 24.6 Å². The molecule has 0 radical (unpaired) electrons. The van der Waals surface area contributed by atoms with E-state index in [2.05, 4.69) is 4.74 Å². The van der Waals surface area contributed by atoms with Crippen LogP contribution in [0.5, 0.6) is 0 Å². The fourth-order valence-electron chi connectivity index (χ4n) is 2.09. The number of ether oxygens (including phenoxy) is 1. The van der Waals surface area contributed by atoms with E-state index in [-0.39, 0.29) is 22.2 Å².